The molecule has 2 aromatic rings. The van der Waals surface area contributed by atoms with Gasteiger partial charge in [0.25, 0.3) is 5.91 Å². The normalized spacial score (nSPS) is 18.2. The molecule has 102 valence electrons. The van der Waals surface area contributed by atoms with Crippen molar-refractivity contribution in [2.45, 2.75) is 19.3 Å². The first-order valence-electron chi connectivity index (χ1n) is 7.15. The summed E-state index contributed by atoms with van der Waals surface area (Å²) in [6, 6.07) is 18.3. The van der Waals surface area contributed by atoms with Gasteiger partial charge in [0.1, 0.15) is 0 Å². The van der Waals surface area contributed by atoms with E-state index in [1.807, 2.05) is 42.2 Å². The van der Waals surface area contributed by atoms with Crippen molar-refractivity contribution in [3.63, 3.8) is 0 Å². The Morgan fingerprint density at radius 2 is 1.75 bits per heavy atom. The van der Waals surface area contributed by atoms with Crippen molar-refractivity contribution in [2.75, 3.05) is 13.1 Å². The van der Waals surface area contributed by atoms with E-state index in [2.05, 4.69) is 24.3 Å². The SMILES string of the molecule is Cc1ccc(C(=O)N2CCC(c3ccccc3)C2)cc1. The topological polar surface area (TPSA) is 20.3 Å². The number of likely N-dealkylation sites (tertiary alicyclic amines) is 1. The number of hydrogen-bond donors (Lipinski definition) is 0. The summed E-state index contributed by atoms with van der Waals surface area (Å²) in [4.78, 5) is 14.4. The Hall–Kier alpha value is -2.09. The zero-order chi connectivity index (χ0) is 13.9. The number of carbonyl (C=O) groups is 1. The maximum absolute atomic E-state index is 12.5. The molecule has 0 aliphatic carbocycles. The van der Waals surface area contributed by atoms with Crippen LogP contribution < -0.4 is 0 Å². The quantitative estimate of drug-likeness (QED) is 0.812. The van der Waals surface area contributed by atoms with Gasteiger partial charge in [-0.25, -0.2) is 0 Å². The third-order valence-electron chi connectivity index (χ3n) is 4.04. The van der Waals surface area contributed by atoms with Crippen molar-refractivity contribution in [3.8, 4) is 0 Å². The molecule has 1 unspecified atom stereocenters. The van der Waals surface area contributed by atoms with Gasteiger partial charge in [-0.3, -0.25) is 4.79 Å². The van der Waals surface area contributed by atoms with Crippen LogP contribution in [-0.2, 0) is 0 Å². The van der Waals surface area contributed by atoms with Gasteiger partial charge < -0.3 is 4.90 Å². The van der Waals surface area contributed by atoms with Gasteiger partial charge in [-0.05, 0) is 31.0 Å². The zero-order valence-electron chi connectivity index (χ0n) is 11.8. The van der Waals surface area contributed by atoms with Crippen LogP contribution in [0.5, 0.6) is 0 Å². The number of nitrogens with zero attached hydrogens (tertiary/aromatic N) is 1. The van der Waals surface area contributed by atoms with Crippen LogP contribution in [0.25, 0.3) is 0 Å². The number of amides is 1. The van der Waals surface area contributed by atoms with Crippen LogP contribution in [0.15, 0.2) is 54.6 Å². The lowest BCUT2D eigenvalue weighted by Crippen LogP contribution is -2.28. The standard InChI is InChI=1S/C18H19NO/c1-14-7-9-16(10-8-14)18(20)19-12-11-17(13-19)15-5-3-2-4-6-15/h2-10,17H,11-13H2,1H3. The lowest BCUT2D eigenvalue weighted by molar-refractivity contribution is 0.0791. The minimum Gasteiger partial charge on any atom is -0.338 e. The van der Waals surface area contributed by atoms with Crippen molar-refractivity contribution in [2.24, 2.45) is 0 Å². The van der Waals surface area contributed by atoms with Crippen LogP contribution in [0.4, 0.5) is 0 Å². The molecule has 20 heavy (non-hydrogen) atoms. The zero-order valence-corrected chi connectivity index (χ0v) is 11.8. The average Bonchev–Trinajstić information content (AvgIpc) is 2.98. The second-order valence-corrected chi connectivity index (χ2v) is 5.51. The average molecular weight is 265 g/mol. The highest BCUT2D eigenvalue weighted by Crippen LogP contribution is 2.27. The summed E-state index contributed by atoms with van der Waals surface area (Å²) in [5.41, 5.74) is 3.32. The van der Waals surface area contributed by atoms with Crippen molar-refractivity contribution in [1.82, 2.24) is 4.90 Å². The highest BCUT2D eigenvalue weighted by atomic mass is 16.2. The predicted molar refractivity (Wildman–Crippen MR) is 80.9 cm³/mol. The van der Waals surface area contributed by atoms with Gasteiger partial charge in [-0.2, -0.15) is 0 Å². The summed E-state index contributed by atoms with van der Waals surface area (Å²) in [6.45, 7) is 3.72. The van der Waals surface area contributed by atoms with Gasteiger partial charge in [0.2, 0.25) is 0 Å². The Balaban J connectivity index is 1.71. The summed E-state index contributed by atoms with van der Waals surface area (Å²) < 4.78 is 0. The minimum atomic E-state index is 0.156. The monoisotopic (exact) mass is 265 g/mol. The van der Waals surface area contributed by atoms with Crippen LogP contribution in [0.2, 0.25) is 0 Å². The van der Waals surface area contributed by atoms with Gasteiger partial charge in [0.15, 0.2) is 0 Å². The molecule has 1 aliphatic rings. The van der Waals surface area contributed by atoms with E-state index in [9.17, 15) is 4.79 Å². The van der Waals surface area contributed by atoms with Gasteiger partial charge in [0.05, 0.1) is 0 Å². The Morgan fingerprint density at radius 3 is 2.45 bits per heavy atom. The molecule has 1 fully saturated rings. The van der Waals surface area contributed by atoms with Crippen LogP contribution in [0.3, 0.4) is 0 Å². The first-order valence-corrected chi connectivity index (χ1v) is 7.15. The summed E-state index contributed by atoms with van der Waals surface area (Å²) >= 11 is 0. The van der Waals surface area contributed by atoms with E-state index in [-0.39, 0.29) is 5.91 Å². The van der Waals surface area contributed by atoms with E-state index in [0.717, 1.165) is 25.1 Å². The molecule has 0 N–H and O–H groups in total. The maximum Gasteiger partial charge on any atom is 0.253 e. The van der Waals surface area contributed by atoms with Crippen LogP contribution in [-0.4, -0.2) is 23.9 Å². The molecule has 1 amide bonds. The predicted octanol–water partition coefficient (Wildman–Crippen LogP) is 3.62. The van der Waals surface area contributed by atoms with E-state index in [4.69, 9.17) is 0 Å². The molecule has 0 radical (unpaired) electrons. The van der Waals surface area contributed by atoms with Crippen molar-refractivity contribution < 1.29 is 4.79 Å². The van der Waals surface area contributed by atoms with Gasteiger partial charge >= 0.3 is 0 Å². The fourth-order valence-corrected chi connectivity index (χ4v) is 2.82. The number of rotatable bonds is 2. The number of aryl methyl sites for hydroxylation is 1. The lowest BCUT2D eigenvalue weighted by atomic mass is 9.99. The Bertz CT molecular complexity index is 589. The van der Waals surface area contributed by atoms with E-state index in [1.54, 1.807) is 0 Å². The Kier molecular flexibility index (Phi) is 3.55. The first kappa shape index (κ1) is 12.9. The number of benzene rings is 2. The number of hydrogen-bond acceptors (Lipinski definition) is 1. The van der Waals surface area contributed by atoms with Crippen molar-refractivity contribution >= 4 is 5.91 Å². The maximum atomic E-state index is 12.5. The summed E-state index contributed by atoms with van der Waals surface area (Å²) in [5, 5.41) is 0. The summed E-state index contributed by atoms with van der Waals surface area (Å²) in [7, 11) is 0. The van der Waals surface area contributed by atoms with E-state index >= 15 is 0 Å². The van der Waals surface area contributed by atoms with Crippen LogP contribution in [0.1, 0.15) is 33.8 Å². The second kappa shape index (κ2) is 5.49. The lowest BCUT2D eigenvalue weighted by Gasteiger charge is -2.17. The molecule has 1 heterocycles. The molecule has 0 bridgehead atoms. The molecule has 1 aliphatic heterocycles. The van der Waals surface area contributed by atoms with Crippen LogP contribution in [0, 0.1) is 6.92 Å². The Morgan fingerprint density at radius 1 is 1.05 bits per heavy atom. The molecule has 3 rings (SSSR count). The largest absolute Gasteiger partial charge is 0.338 e. The molecule has 2 aromatic carbocycles. The molecule has 0 saturated carbocycles. The fourth-order valence-electron chi connectivity index (χ4n) is 2.82. The van der Waals surface area contributed by atoms with Gasteiger partial charge in [0, 0.05) is 24.6 Å². The molecular weight excluding hydrogens is 246 g/mol. The van der Waals surface area contributed by atoms with E-state index in [1.165, 1.54) is 11.1 Å². The third-order valence-corrected chi connectivity index (χ3v) is 4.04. The number of carbonyl (C=O) groups excluding carboxylic acids is 1. The van der Waals surface area contributed by atoms with Gasteiger partial charge in [-0.1, -0.05) is 48.0 Å². The highest BCUT2D eigenvalue weighted by Gasteiger charge is 2.27. The van der Waals surface area contributed by atoms with E-state index < -0.39 is 0 Å². The first-order chi connectivity index (χ1) is 9.74. The molecule has 2 nitrogen and oxygen atoms in total. The fraction of sp³-hybridized carbons (Fsp3) is 0.278. The molecule has 0 spiro atoms. The third kappa shape index (κ3) is 2.60. The molecule has 0 aromatic heterocycles. The second-order valence-electron chi connectivity index (χ2n) is 5.51. The molecule has 1 atom stereocenters. The smallest absolute Gasteiger partial charge is 0.253 e. The molecular formula is C18H19NO. The minimum absolute atomic E-state index is 0.156. The molecule has 2 heteroatoms. The van der Waals surface area contributed by atoms with Crippen molar-refractivity contribution in [1.29, 1.82) is 0 Å². The summed E-state index contributed by atoms with van der Waals surface area (Å²) in [6.07, 6.45) is 1.06. The van der Waals surface area contributed by atoms with Crippen LogP contribution >= 0.6 is 0 Å². The Labute approximate surface area is 120 Å². The van der Waals surface area contributed by atoms with Crippen molar-refractivity contribution in [3.05, 3.63) is 71.3 Å². The van der Waals surface area contributed by atoms with Gasteiger partial charge in [-0.15, -0.1) is 0 Å². The molecule has 1 saturated heterocycles. The summed E-state index contributed by atoms with van der Waals surface area (Å²) in [5.74, 6) is 0.633. The van der Waals surface area contributed by atoms with E-state index in [0.29, 0.717) is 5.92 Å². The highest BCUT2D eigenvalue weighted by molar-refractivity contribution is 5.94.